The summed E-state index contributed by atoms with van der Waals surface area (Å²) in [4.78, 5) is 11.9. The van der Waals surface area contributed by atoms with Gasteiger partial charge in [0.2, 0.25) is 5.91 Å². The summed E-state index contributed by atoms with van der Waals surface area (Å²) in [5.74, 6) is 1.20. The minimum Gasteiger partial charge on any atom is -0.381 e. The van der Waals surface area contributed by atoms with E-state index in [-0.39, 0.29) is 11.9 Å². The van der Waals surface area contributed by atoms with Crippen molar-refractivity contribution in [2.45, 2.75) is 45.6 Å². The van der Waals surface area contributed by atoms with Crippen molar-refractivity contribution in [1.29, 1.82) is 0 Å². The highest BCUT2D eigenvalue weighted by molar-refractivity contribution is 5.76. The van der Waals surface area contributed by atoms with E-state index in [4.69, 9.17) is 10.5 Å². The molecule has 0 bridgehead atoms. The molecule has 100 valence electrons. The van der Waals surface area contributed by atoms with Gasteiger partial charge in [0.25, 0.3) is 0 Å². The summed E-state index contributed by atoms with van der Waals surface area (Å²) in [6.45, 7) is 6.41. The molecule has 1 rings (SSSR count). The van der Waals surface area contributed by atoms with E-state index < -0.39 is 0 Å². The Bertz CT molecular complexity index is 225. The molecule has 0 aliphatic carbocycles. The van der Waals surface area contributed by atoms with Gasteiger partial charge in [-0.3, -0.25) is 4.79 Å². The van der Waals surface area contributed by atoms with Gasteiger partial charge in [0, 0.05) is 32.2 Å². The molecule has 1 aliphatic heterocycles. The summed E-state index contributed by atoms with van der Waals surface area (Å²) in [6.07, 6.45) is 3.59. The van der Waals surface area contributed by atoms with Gasteiger partial charge >= 0.3 is 0 Å². The molecule has 1 aliphatic rings. The molecule has 1 amide bonds. The van der Waals surface area contributed by atoms with Gasteiger partial charge in [0.05, 0.1) is 0 Å². The van der Waals surface area contributed by atoms with Crippen LogP contribution in [-0.2, 0) is 9.53 Å². The van der Waals surface area contributed by atoms with Gasteiger partial charge in [-0.1, -0.05) is 13.8 Å². The molecule has 0 saturated carbocycles. The summed E-state index contributed by atoms with van der Waals surface area (Å²) in [5.41, 5.74) is 5.67. The minimum absolute atomic E-state index is 0.127. The van der Waals surface area contributed by atoms with E-state index in [1.165, 1.54) is 0 Å². The first-order valence-corrected chi connectivity index (χ1v) is 6.69. The lowest BCUT2D eigenvalue weighted by atomic mass is 9.95. The molecule has 1 atom stereocenters. The van der Waals surface area contributed by atoms with E-state index in [1.54, 1.807) is 0 Å². The van der Waals surface area contributed by atoms with E-state index >= 15 is 0 Å². The molecule has 3 N–H and O–H groups in total. The monoisotopic (exact) mass is 242 g/mol. The molecule has 1 heterocycles. The molecule has 0 aromatic carbocycles. The maximum absolute atomic E-state index is 11.9. The van der Waals surface area contributed by atoms with Gasteiger partial charge in [0.15, 0.2) is 0 Å². The van der Waals surface area contributed by atoms with Gasteiger partial charge in [-0.05, 0) is 31.1 Å². The Morgan fingerprint density at radius 2 is 2.06 bits per heavy atom. The predicted octanol–water partition coefficient (Wildman–Crippen LogP) is 1.29. The number of amides is 1. The number of nitrogens with two attached hydrogens (primary N) is 1. The average Bonchev–Trinajstić information content (AvgIpc) is 2.28. The Balaban J connectivity index is 2.26. The van der Waals surface area contributed by atoms with Crippen LogP contribution in [0.4, 0.5) is 0 Å². The molecule has 0 aromatic heterocycles. The summed E-state index contributed by atoms with van der Waals surface area (Å²) in [5, 5.41) is 3.04. The molecule has 0 spiro atoms. The molecule has 0 radical (unpaired) electrons. The molecular formula is C13H26N2O2. The van der Waals surface area contributed by atoms with E-state index in [2.05, 4.69) is 19.2 Å². The molecule has 17 heavy (non-hydrogen) atoms. The molecule has 4 nitrogen and oxygen atoms in total. The van der Waals surface area contributed by atoms with E-state index in [1.807, 2.05) is 0 Å². The van der Waals surface area contributed by atoms with Gasteiger partial charge in [-0.2, -0.15) is 0 Å². The van der Waals surface area contributed by atoms with E-state index in [0.717, 1.165) is 32.5 Å². The van der Waals surface area contributed by atoms with Gasteiger partial charge in [-0.25, -0.2) is 0 Å². The quantitative estimate of drug-likeness (QED) is 0.737. The molecule has 0 aromatic rings. The number of ether oxygens (including phenoxy) is 1. The zero-order chi connectivity index (χ0) is 12.7. The van der Waals surface area contributed by atoms with Crippen LogP contribution in [0.5, 0.6) is 0 Å². The molecule has 1 saturated heterocycles. The number of rotatable bonds is 6. The Hall–Kier alpha value is -0.610. The minimum atomic E-state index is 0.127. The van der Waals surface area contributed by atoms with Crippen LogP contribution in [0.3, 0.4) is 0 Å². The Morgan fingerprint density at radius 3 is 2.59 bits per heavy atom. The maximum Gasteiger partial charge on any atom is 0.220 e. The molecule has 1 unspecified atom stereocenters. The standard InChI is InChI=1S/C13H26N2O2/c1-10(2)7-12(9-14)15-13(16)8-11-3-5-17-6-4-11/h10-12H,3-9,14H2,1-2H3,(H,15,16). The largest absolute Gasteiger partial charge is 0.381 e. The molecule has 4 heteroatoms. The van der Waals surface area contributed by atoms with Gasteiger partial charge < -0.3 is 15.8 Å². The lowest BCUT2D eigenvalue weighted by Crippen LogP contribution is -2.41. The number of hydrogen-bond acceptors (Lipinski definition) is 3. The summed E-state index contributed by atoms with van der Waals surface area (Å²) in [7, 11) is 0. The van der Waals surface area contributed by atoms with Crippen LogP contribution in [0, 0.1) is 11.8 Å². The second kappa shape index (κ2) is 7.67. The fourth-order valence-electron chi connectivity index (χ4n) is 2.28. The van der Waals surface area contributed by atoms with Crippen molar-refractivity contribution in [2.24, 2.45) is 17.6 Å². The van der Waals surface area contributed by atoms with Crippen LogP contribution >= 0.6 is 0 Å². The Labute approximate surface area is 104 Å². The fourth-order valence-corrected chi connectivity index (χ4v) is 2.28. The number of carbonyl (C=O) groups excluding carboxylic acids is 1. The average molecular weight is 242 g/mol. The highest BCUT2D eigenvalue weighted by atomic mass is 16.5. The third kappa shape index (κ3) is 6.03. The van der Waals surface area contributed by atoms with Crippen LogP contribution in [0.1, 0.15) is 39.5 Å². The third-order valence-electron chi connectivity index (χ3n) is 3.22. The van der Waals surface area contributed by atoms with Crippen molar-refractivity contribution in [2.75, 3.05) is 19.8 Å². The van der Waals surface area contributed by atoms with Crippen molar-refractivity contribution >= 4 is 5.91 Å². The van der Waals surface area contributed by atoms with Gasteiger partial charge in [0.1, 0.15) is 0 Å². The van der Waals surface area contributed by atoms with Crippen molar-refractivity contribution in [3.63, 3.8) is 0 Å². The lowest BCUT2D eigenvalue weighted by molar-refractivity contribution is -0.123. The van der Waals surface area contributed by atoms with Crippen LogP contribution in [0.15, 0.2) is 0 Å². The highest BCUT2D eigenvalue weighted by Gasteiger charge is 2.19. The summed E-state index contributed by atoms with van der Waals surface area (Å²) >= 11 is 0. The molecular weight excluding hydrogens is 216 g/mol. The maximum atomic E-state index is 11.9. The second-order valence-corrected chi connectivity index (χ2v) is 5.39. The first kappa shape index (κ1) is 14.5. The van der Waals surface area contributed by atoms with Crippen molar-refractivity contribution in [3.8, 4) is 0 Å². The Kier molecular flexibility index (Phi) is 6.52. The van der Waals surface area contributed by atoms with Crippen molar-refractivity contribution < 1.29 is 9.53 Å². The number of hydrogen-bond donors (Lipinski definition) is 2. The number of carbonyl (C=O) groups is 1. The van der Waals surface area contributed by atoms with Crippen molar-refractivity contribution in [3.05, 3.63) is 0 Å². The van der Waals surface area contributed by atoms with Crippen LogP contribution < -0.4 is 11.1 Å². The predicted molar refractivity (Wildman–Crippen MR) is 68.6 cm³/mol. The smallest absolute Gasteiger partial charge is 0.220 e. The van der Waals surface area contributed by atoms with Gasteiger partial charge in [-0.15, -0.1) is 0 Å². The van der Waals surface area contributed by atoms with E-state index in [9.17, 15) is 4.79 Å². The lowest BCUT2D eigenvalue weighted by Gasteiger charge is -2.23. The first-order chi connectivity index (χ1) is 8.11. The SMILES string of the molecule is CC(C)CC(CN)NC(=O)CC1CCOCC1. The third-order valence-corrected chi connectivity index (χ3v) is 3.22. The fraction of sp³-hybridized carbons (Fsp3) is 0.923. The zero-order valence-electron chi connectivity index (χ0n) is 11.1. The molecule has 1 fully saturated rings. The Morgan fingerprint density at radius 1 is 1.41 bits per heavy atom. The van der Waals surface area contributed by atoms with Crippen molar-refractivity contribution in [1.82, 2.24) is 5.32 Å². The zero-order valence-corrected chi connectivity index (χ0v) is 11.1. The topological polar surface area (TPSA) is 64.3 Å². The summed E-state index contributed by atoms with van der Waals surface area (Å²) < 4.78 is 5.28. The van der Waals surface area contributed by atoms with Crippen LogP contribution in [0.25, 0.3) is 0 Å². The second-order valence-electron chi connectivity index (χ2n) is 5.39. The van der Waals surface area contributed by atoms with E-state index in [0.29, 0.717) is 24.8 Å². The van der Waals surface area contributed by atoms with Crippen LogP contribution in [0.2, 0.25) is 0 Å². The number of nitrogens with one attached hydrogen (secondary N) is 1. The first-order valence-electron chi connectivity index (χ1n) is 6.69. The normalized spacial score (nSPS) is 19.3. The highest BCUT2D eigenvalue weighted by Crippen LogP contribution is 2.18. The van der Waals surface area contributed by atoms with Crippen LogP contribution in [-0.4, -0.2) is 31.7 Å². The summed E-state index contributed by atoms with van der Waals surface area (Å²) in [6, 6.07) is 0.127.